The second-order valence-electron chi connectivity index (χ2n) is 10.6. The van der Waals surface area contributed by atoms with Crippen LogP contribution in [0.3, 0.4) is 0 Å². The first-order chi connectivity index (χ1) is 18.8. The molecule has 3 heteroatoms. The van der Waals surface area contributed by atoms with Gasteiger partial charge < -0.3 is 4.90 Å². The molecule has 38 heavy (non-hydrogen) atoms. The highest BCUT2D eigenvalue weighted by atomic mass is 15.2. The van der Waals surface area contributed by atoms with Crippen molar-refractivity contribution in [1.29, 1.82) is 5.26 Å². The Morgan fingerprint density at radius 1 is 0.789 bits per heavy atom. The van der Waals surface area contributed by atoms with Crippen LogP contribution < -0.4 is 4.90 Å². The van der Waals surface area contributed by atoms with Gasteiger partial charge in [-0.1, -0.05) is 85.7 Å². The largest absolute Gasteiger partial charge is 0.338 e. The van der Waals surface area contributed by atoms with Gasteiger partial charge in [0.25, 0.3) is 0 Å². The van der Waals surface area contributed by atoms with Gasteiger partial charge in [0.15, 0.2) is 5.69 Å². The van der Waals surface area contributed by atoms with Gasteiger partial charge in [-0.25, -0.2) is 4.85 Å². The molecule has 0 saturated heterocycles. The summed E-state index contributed by atoms with van der Waals surface area (Å²) in [6.45, 7) is 7.85. The number of hydrogen-bond donors (Lipinski definition) is 0. The molecule has 0 bridgehead atoms. The molecule has 7 rings (SSSR count). The molecule has 0 N–H and O–H groups in total. The van der Waals surface area contributed by atoms with E-state index in [4.69, 9.17) is 6.57 Å². The van der Waals surface area contributed by atoms with Crippen molar-refractivity contribution in [3.8, 4) is 6.07 Å². The third-order valence-corrected chi connectivity index (χ3v) is 8.88. The van der Waals surface area contributed by atoms with Gasteiger partial charge in [0.1, 0.15) is 0 Å². The summed E-state index contributed by atoms with van der Waals surface area (Å²) in [5.74, 6) is 0.277. The van der Waals surface area contributed by atoms with Gasteiger partial charge in [0, 0.05) is 17.4 Å². The van der Waals surface area contributed by atoms with E-state index in [0.29, 0.717) is 17.3 Å². The molecule has 0 amide bonds. The topological polar surface area (TPSA) is 31.4 Å². The van der Waals surface area contributed by atoms with Gasteiger partial charge in [-0.3, -0.25) is 0 Å². The lowest BCUT2D eigenvalue weighted by Crippen LogP contribution is -2.55. The van der Waals surface area contributed by atoms with Gasteiger partial charge in [0.2, 0.25) is 0 Å². The van der Waals surface area contributed by atoms with Crippen molar-refractivity contribution in [1.82, 2.24) is 0 Å². The molecule has 182 valence electrons. The molecule has 1 aliphatic heterocycles. The first kappa shape index (κ1) is 22.6. The van der Waals surface area contributed by atoms with Crippen LogP contribution in [0.5, 0.6) is 0 Å². The molecule has 3 aliphatic rings. The van der Waals surface area contributed by atoms with E-state index in [2.05, 4.69) is 107 Å². The minimum atomic E-state index is -0.477. The summed E-state index contributed by atoms with van der Waals surface area (Å²) in [6, 6.07) is 34.7. The van der Waals surface area contributed by atoms with Crippen LogP contribution in [0, 0.1) is 23.8 Å². The second kappa shape index (κ2) is 8.76. The van der Waals surface area contributed by atoms with Crippen LogP contribution in [0.1, 0.15) is 59.1 Å². The summed E-state index contributed by atoms with van der Waals surface area (Å²) in [5.41, 5.74) is 9.24. The fourth-order valence-corrected chi connectivity index (χ4v) is 7.47. The van der Waals surface area contributed by atoms with Crippen molar-refractivity contribution >= 4 is 29.2 Å². The average Bonchev–Trinajstić information content (AvgIpc) is 3.12. The van der Waals surface area contributed by atoms with Crippen molar-refractivity contribution in [3.05, 3.63) is 136 Å². The third-order valence-electron chi connectivity index (χ3n) is 8.88. The molecule has 1 fully saturated rings. The molecule has 1 unspecified atom stereocenters. The van der Waals surface area contributed by atoms with Crippen molar-refractivity contribution in [3.63, 3.8) is 0 Å². The first-order valence-corrected chi connectivity index (χ1v) is 13.4. The molecule has 1 saturated carbocycles. The molecular formula is C35H27N3. The quantitative estimate of drug-likeness (QED) is 0.251. The van der Waals surface area contributed by atoms with Crippen LogP contribution in [0.4, 0.5) is 17.1 Å². The van der Waals surface area contributed by atoms with E-state index in [-0.39, 0.29) is 5.92 Å². The minimum Gasteiger partial charge on any atom is -0.338 e. The predicted molar refractivity (Wildman–Crippen MR) is 153 cm³/mol. The Morgan fingerprint density at radius 2 is 1.50 bits per heavy atom. The number of nitrogens with zero attached hydrogens (tertiary/aromatic N) is 3. The SMILES string of the molecule is [C-]#[N+]c1ccc2c(c1)[C@@]1(c3cc(C#N)ccc3C=C2)c2ccccc2N(c2ccccc2)[C@H]2CCCCC21. The Hall–Kier alpha value is -4.60. The Bertz CT molecular complexity index is 1600. The molecule has 0 radical (unpaired) electrons. The van der Waals surface area contributed by atoms with Gasteiger partial charge >= 0.3 is 0 Å². The van der Waals surface area contributed by atoms with E-state index in [1.807, 2.05) is 12.1 Å². The van der Waals surface area contributed by atoms with Crippen molar-refractivity contribution in [2.45, 2.75) is 37.1 Å². The molecule has 1 spiro atoms. The summed E-state index contributed by atoms with van der Waals surface area (Å²) in [7, 11) is 0. The number of fused-ring (bicyclic) bond motifs is 8. The standard InChI is InChI=1S/C35H27N3/c1-37-27-20-19-26-18-17-25-16-15-24(23-36)21-31(25)35(32(26)22-27)29-11-5-7-13-33(29)38(28-9-3-2-4-10-28)34-14-8-6-12-30(34)35/h2-5,7,9-11,13,15-22,30,34H,6,8,12,14H2/t30?,34-,35-/m0/s1. The van der Waals surface area contributed by atoms with Crippen molar-refractivity contribution < 1.29 is 0 Å². The zero-order valence-corrected chi connectivity index (χ0v) is 21.1. The third kappa shape index (κ3) is 3.12. The van der Waals surface area contributed by atoms with Gasteiger partial charge in [-0.15, -0.1) is 0 Å². The summed E-state index contributed by atoms with van der Waals surface area (Å²) in [6.07, 6.45) is 8.96. The Balaban J connectivity index is 1.65. The Kier molecular flexibility index (Phi) is 5.20. The number of hydrogen-bond acceptors (Lipinski definition) is 2. The molecule has 3 nitrogen and oxygen atoms in total. The molecule has 4 aromatic carbocycles. The smallest absolute Gasteiger partial charge is 0.187 e. The summed E-state index contributed by atoms with van der Waals surface area (Å²) < 4.78 is 0. The van der Waals surface area contributed by atoms with Crippen molar-refractivity contribution in [2.24, 2.45) is 5.92 Å². The zero-order chi connectivity index (χ0) is 25.7. The van der Waals surface area contributed by atoms with Crippen LogP contribution in [0.15, 0.2) is 91.0 Å². The highest BCUT2D eigenvalue weighted by molar-refractivity contribution is 5.85. The maximum Gasteiger partial charge on any atom is 0.187 e. The molecule has 2 aliphatic carbocycles. The number of rotatable bonds is 1. The summed E-state index contributed by atoms with van der Waals surface area (Å²) >= 11 is 0. The predicted octanol–water partition coefficient (Wildman–Crippen LogP) is 8.64. The van der Waals surface area contributed by atoms with Crippen LogP contribution in [-0.2, 0) is 5.41 Å². The van der Waals surface area contributed by atoms with Crippen LogP contribution >= 0.6 is 0 Å². The van der Waals surface area contributed by atoms with Crippen LogP contribution in [-0.4, -0.2) is 6.04 Å². The average molecular weight is 490 g/mol. The molecule has 1 heterocycles. The van der Waals surface area contributed by atoms with Gasteiger partial charge in [0.05, 0.1) is 23.6 Å². The number of para-hydroxylation sites is 2. The first-order valence-electron chi connectivity index (χ1n) is 13.4. The van der Waals surface area contributed by atoms with Crippen LogP contribution in [0.2, 0.25) is 0 Å². The Morgan fingerprint density at radius 3 is 2.29 bits per heavy atom. The summed E-state index contributed by atoms with van der Waals surface area (Å²) in [5, 5.41) is 9.98. The fraction of sp³-hybridized carbons (Fsp3) is 0.200. The Labute approximate surface area is 224 Å². The van der Waals surface area contributed by atoms with Crippen LogP contribution in [0.25, 0.3) is 17.0 Å². The number of anilines is 2. The molecular weight excluding hydrogens is 462 g/mol. The van der Waals surface area contributed by atoms with E-state index >= 15 is 0 Å². The molecule has 0 aromatic heterocycles. The van der Waals surface area contributed by atoms with Crippen molar-refractivity contribution in [2.75, 3.05) is 4.90 Å². The van der Waals surface area contributed by atoms with E-state index < -0.39 is 5.41 Å². The summed E-state index contributed by atoms with van der Waals surface area (Å²) in [4.78, 5) is 6.44. The van der Waals surface area contributed by atoms with Gasteiger partial charge in [-0.2, -0.15) is 5.26 Å². The van der Waals surface area contributed by atoms with E-state index in [0.717, 1.165) is 24.0 Å². The lowest BCUT2D eigenvalue weighted by molar-refractivity contribution is 0.220. The lowest BCUT2D eigenvalue weighted by atomic mass is 9.53. The highest BCUT2D eigenvalue weighted by Crippen LogP contribution is 2.61. The fourth-order valence-electron chi connectivity index (χ4n) is 7.47. The molecule has 4 aromatic rings. The van der Waals surface area contributed by atoms with E-state index in [1.165, 1.54) is 40.9 Å². The maximum absolute atomic E-state index is 9.98. The number of benzene rings is 4. The zero-order valence-electron chi connectivity index (χ0n) is 21.1. The number of nitriles is 1. The maximum atomic E-state index is 9.98. The van der Waals surface area contributed by atoms with E-state index in [9.17, 15) is 5.26 Å². The van der Waals surface area contributed by atoms with E-state index in [1.54, 1.807) is 0 Å². The van der Waals surface area contributed by atoms with Gasteiger partial charge in [-0.05, 0) is 76.9 Å². The molecule has 3 atom stereocenters. The lowest BCUT2D eigenvalue weighted by Gasteiger charge is -2.57. The highest BCUT2D eigenvalue weighted by Gasteiger charge is 2.55. The minimum absolute atomic E-state index is 0.277. The second-order valence-corrected chi connectivity index (χ2v) is 10.6. The monoisotopic (exact) mass is 489 g/mol. The normalized spacial score (nSPS) is 22.7.